The van der Waals surface area contributed by atoms with Crippen LogP contribution >= 0.6 is 11.3 Å². The van der Waals surface area contributed by atoms with Crippen molar-refractivity contribution in [3.63, 3.8) is 0 Å². The van der Waals surface area contributed by atoms with E-state index in [-0.39, 0.29) is 27.7 Å². The minimum absolute atomic E-state index is 0.0877. The fourth-order valence-electron chi connectivity index (χ4n) is 3.10. The van der Waals surface area contributed by atoms with Crippen LogP contribution in [0.4, 0.5) is 5.00 Å². The van der Waals surface area contributed by atoms with Crippen molar-refractivity contribution in [2.24, 2.45) is 0 Å². The molecule has 0 aliphatic rings. The molecule has 11 heteroatoms. The molecule has 2 aromatic heterocycles. The van der Waals surface area contributed by atoms with Gasteiger partial charge in [0.1, 0.15) is 16.4 Å². The summed E-state index contributed by atoms with van der Waals surface area (Å²) in [6.07, 6.45) is 0. The lowest BCUT2D eigenvalue weighted by Gasteiger charge is -2.07. The summed E-state index contributed by atoms with van der Waals surface area (Å²) in [6.45, 7) is 2.78. The lowest BCUT2D eigenvalue weighted by molar-refractivity contribution is -0.119. The SMILES string of the molecule is CCOC(=O)c1c(NC(=O)COC(=O)c2cc3ccc(OC)cc3[nH]2)sc(C(=O)NC)c1C. The van der Waals surface area contributed by atoms with Crippen LogP contribution in [0.1, 0.15) is 43.0 Å². The number of aromatic amines is 1. The first-order valence-electron chi connectivity index (χ1n) is 9.95. The molecule has 0 unspecified atom stereocenters. The summed E-state index contributed by atoms with van der Waals surface area (Å²) < 4.78 is 15.3. The van der Waals surface area contributed by atoms with Gasteiger partial charge in [0, 0.05) is 24.0 Å². The van der Waals surface area contributed by atoms with Crippen LogP contribution in [0.3, 0.4) is 0 Å². The van der Waals surface area contributed by atoms with Gasteiger partial charge in [-0.3, -0.25) is 9.59 Å². The van der Waals surface area contributed by atoms with Gasteiger partial charge in [-0.05, 0) is 37.6 Å². The van der Waals surface area contributed by atoms with Crippen LogP contribution in [0.2, 0.25) is 0 Å². The Morgan fingerprint density at radius 1 is 1.09 bits per heavy atom. The molecule has 0 saturated carbocycles. The number of nitrogens with one attached hydrogen (secondary N) is 3. The van der Waals surface area contributed by atoms with Gasteiger partial charge in [-0.25, -0.2) is 9.59 Å². The standard InChI is InChI=1S/C22H23N3O7S/c1-5-31-22(29)17-11(2)18(19(27)23-3)33-20(17)25-16(26)10-32-21(28)15-8-12-6-7-13(30-4)9-14(12)24-15/h6-9,24H,5,10H2,1-4H3,(H,23,27)(H,25,26). The number of hydrogen-bond acceptors (Lipinski definition) is 8. The molecule has 1 aromatic carbocycles. The highest BCUT2D eigenvalue weighted by Crippen LogP contribution is 2.33. The number of H-pyrrole nitrogens is 1. The Hall–Kier alpha value is -3.86. The van der Waals surface area contributed by atoms with Crippen LogP contribution < -0.4 is 15.4 Å². The molecule has 2 heterocycles. The van der Waals surface area contributed by atoms with E-state index in [1.807, 2.05) is 0 Å². The molecule has 10 nitrogen and oxygen atoms in total. The van der Waals surface area contributed by atoms with E-state index in [1.165, 1.54) is 14.2 Å². The lowest BCUT2D eigenvalue weighted by atomic mass is 10.1. The van der Waals surface area contributed by atoms with E-state index in [0.717, 1.165) is 16.7 Å². The highest BCUT2D eigenvalue weighted by Gasteiger charge is 2.26. The minimum Gasteiger partial charge on any atom is -0.497 e. The van der Waals surface area contributed by atoms with Crippen molar-refractivity contribution >= 4 is 51.0 Å². The summed E-state index contributed by atoms with van der Waals surface area (Å²) in [5.41, 5.74) is 1.33. The average Bonchev–Trinajstić information content (AvgIpc) is 3.37. The first-order valence-corrected chi connectivity index (χ1v) is 10.8. The molecule has 0 atom stereocenters. The molecule has 3 N–H and O–H groups in total. The van der Waals surface area contributed by atoms with Gasteiger partial charge in [0.2, 0.25) is 0 Å². The van der Waals surface area contributed by atoms with E-state index < -0.39 is 30.4 Å². The largest absolute Gasteiger partial charge is 0.497 e. The highest BCUT2D eigenvalue weighted by molar-refractivity contribution is 7.18. The number of methoxy groups -OCH3 is 1. The van der Waals surface area contributed by atoms with E-state index in [4.69, 9.17) is 14.2 Å². The number of esters is 2. The Labute approximate surface area is 193 Å². The predicted molar refractivity (Wildman–Crippen MR) is 122 cm³/mol. The third kappa shape index (κ3) is 5.14. The summed E-state index contributed by atoms with van der Waals surface area (Å²) in [4.78, 5) is 52.5. The Balaban J connectivity index is 1.72. The number of carbonyl (C=O) groups excluding carboxylic acids is 4. The number of carbonyl (C=O) groups is 4. The summed E-state index contributed by atoms with van der Waals surface area (Å²) in [6, 6.07) is 6.88. The van der Waals surface area contributed by atoms with Gasteiger partial charge in [0.15, 0.2) is 6.61 Å². The molecule has 0 aliphatic carbocycles. The molecule has 174 valence electrons. The Bertz CT molecular complexity index is 1230. The number of aromatic nitrogens is 1. The molecule has 3 aromatic rings. The molecule has 0 bridgehead atoms. The normalized spacial score (nSPS) is 10.5. The number of anilines is 1. The number of hydrogen-bond donors (Lipinski definition) is 3. The maximum absolute atomic E-state index is 12.4. The third-order valence-corrected chi connectivity index (χ3v) is 5.90. The van der Waals surface area contributed by atoms with Gasteiger partial charge in [-0.1, -0.05) is 0 Å². The number of ether oxygens (including phenoxy) is 3. The molecular weight excluding hydrogens is 450 g/mol. The molecule has 0 fully saturated rings. The first-order chi connectivity index (χ1) is 15.8. The van der Waals surface area contributed by atoms with Crippen molar-refractivity contribution in [3.8, 4) is 5.75 Å². The van der Waals surface area contributed by atoms with Gasteiger partial charge in [-0.2, -0.15) is 0 Å². The number of fused-ring (bicyclic) bond motifs is 1. The van der Waals surface area contributed by atoms with Gasteiger partial charge in [-0.15, -0.1) is 11.3 Å². The summed E-state index contributed by atoms with van der Waals surface area (Å²) in [5, 5.41) is 5.94. The Morgan fingerprint density at radius 2 is 1.85 bits per heavy atom. The van der Waals surface area contributed by atoms with Crippen molar-refractivity contribution < 1.29 is 33.4 Å². The lowest BCUT2D eigenvalue weighted by Crippen LogP contribution is -2.22. The van der Waals surface area contributed by atoms with Crippen LogP contribution in [0.5, 0.6) is 5.75 Å². The summed E-state index contributed by atoms with van der Waals surface area (Å²) >= 11 is 0.935. The second-order valence-corrected chi connectivity index (χ2v) is 7.84. The Kier molecular flexibility index (Phi) is 7.34. The molecule has 0 spiro atoms. The molecule has 33 heavy (non-hydrogen) atoms. The maximum Gasteiger partial charge on any atom is 0.355 e. The zero-order valence-electron chi connectivity index (χ0n) is 18.5. The molecule has 0 saturated heterocycles. The molecule has 0 radical (unpaired) electrons. The van der Waals surface area contributed by atoms with Crippen LogP contribution in [-0.2, 0) is 14.3 Å². The highest BCUT2D eigenvalue weighted by atomic mass is 32.1. The summed E-state index contributed by atoms with van der Waals surface area (Å²) in [7, 11) is 3.00. The molecular formula is C22H23N3O7S. The third-order valence-electron chi connectivity index (χ3n) is 4.70. The zero-order chi connectivity index (χ0) is 24.1. The monoisotopic (exact) mass is 473 g/mol. The molecule has 0 aliphatic heterocycles. The van der Waals surface area contributed by atoms with Crippen molar-refractivity contribution in [2.45, 2.75) is 13.8 Å². The van der Waals surface area contributed by atoms with Crippen molar-refractivity contribution in [2.75, 3.05) is 32.7 Å². The average molecular weight is 474 g/mol. The Morgan fingerprint density at radius 3 is 2.52 bits per heavy atom. The van der Waals surface area contributed by atoms with Gasteiger partial charge in [0.25, 0.3) is 11.8 Å². The second kappa shape index (κ2) is 10.2. The fourth-order valence-corrected chi connectivity index (χ4v) is 4.25. The van der Waals surface area contributed by atoms with E-state index >= 15 is 0 Å². The van der Waals surface area contributed by atoms with Crippen LogP contribution in [0.25, 0.3) is 10.9 Å². The van der Waals surface area contributed by atoms with Gasteiger partial charge in [0.05, 0.1) is 24.2 Å². The maximum atomic E-state index is 12.4. The number of rotatable bonds is 8. The fraction of sp³-hybridized carbons (Fsp3) is 0.273. The van der Waals surface area contributed by atoms with Gasteiger partial charge >= 0.3 is 11.9 Å². The topological polar surface area (TPSA) is 136 Å². The van der Waals surface area contributed by atoms with E-state index in [2.05, 4.69) is 15.6 Å². The number of benzene rings is 1. The quantitative estimate of drug-likeness (QED) is 0.428. The van der Waals surface area contributed by atoms with Gasteiger partial charge < -0.3 is 29.8 Å². The predicted octanol–water partition coefficient (Wildman–Crippen LogP) is 2.88. The summed E-state index contributed by atoms with van der Waals surface area (Å²) in [5.74, 6) is -1.83. The van der Waals surface area contributed by atoms with Crippen molar-refractivity contribution in [1.82, 2.24) is 10.3 Å². The molecule has 2 amide bonds. The molecule has 3 rings (SSSR count). The van der Waals surface area contributed by atoms with Crippen molar-refractivity contribution in [3.05, 3.63) is 46.0 Å². The number of thiophene rings is 1. The van der Waals surface area contributed by atoms with Crippen LogP contribution in [0.15, 0.2) is 24.3 Å². The van der Waals surface area contributed by atoms with E-state index in [1.54, 1.807) is 38.1 Å². The zero-order valence-corrected chi connectivity index (χ0v) is 19.3. The van der Waals surface area contributed by atoms with E-state index in [0.29, 0.717) is 16.8 Å². The number of amides is 2. The second-order valence-electron chi connectivity index (χ2n) is 6.82. The minimum atomic E-state index is -0.723. The van der Waals surface area contributed by atoms with Crippen LogP contribution in [0, 0.1) is 6.92 Å². The van der Waals surface area contributed by atoms with E-state index in [9.17, 15) is 19.2 Å². The van der Waals surface area contributed by atoms with Crippen molar-refractivity contribution in [1.29, 1.82) is 0 Å². The smallest absolute Gasteiger partial charge is 0.355 e. The van der Waals surface area contributed by atoms with Crippen LogP contribution in [-0.4, -0.2) is 56.1 Å². The first kappa shape index (κ1) is 23.8.